The van der Waals surface area contributed by atoms with Gasteiger partial charge in [-0.2, -0.15) is 0 Å². The van der Waals surface area contributed by atoms with Gasteiger partial charge in [0.2, 0.25) is 5.91 Å². The molecule has 1 amide bonds. The van der Waals surface area contributed by atoms with E-state index in [0.29, 0.717) is 30.4 Å². The molecule has 0 aromatic heterocycles. The molecule has 0 aromatic carbocycles. The largest absolute Gasteiger partial charge is 0.477 e. The lowest BCUT2D eigenvalue weighted by Crippen LogP contribution is -2.60. The number of nitrogens with zero attached hydrogens (tertiary/aromatic N) is 1. The van der Waals surface area contributed by atoms with E-state index in [-0.39, 0.29) is 36.1 Å². The van der Waals surface area contributed by atoms with Gasteiger partial charge < -0.3 is 25.6 Å². The molecule has 7 nitrogen and oxygen atoms in total. The van der Waals surface area contributed by atoms with E-state index in [1.165, 1.54) is 16.7 Å². The number of β-lactam (4-membered cyclic amide) rings is 1. The molecule has 0 aromatic rings. The number of carbonyl (C=O) groups excluding carboxylic acids is 1. The third-order valence-corrected chi connectivity index (χ3v) is 5.03. The first-order chi connectivity index (χ1) is 10.0. The highest BCUT2D eigenvalue weighted by Gasteiger charge is 2.58. The molecule has 21 heavy (non-hydrogen) atoms. The van der Waals surface area contributed by atoms with E-state index in [4.69, 9.17) is 15.6 Å². The summed E-state index contributed by atoms with van der Waals surface area (Å²) in [7, 11) is 0. The van der Waals surface area contributed by atoms with Crippen molar-refractivity contribution in [2.75, 3.05) is 25.7 Å². The number of fused-ring (bicyclic) bond motifs is 1. The highest BCUT2D eigenvalue weighted by Crippen LogP contribution is 2.50. The zero-order chi connectivity index (χ0) is 15.6. The second kappa shape index (κ2) is 6.78. The summed E-state index contributed by atoms with van der Waals surface area (Å²) in [5, 5.41) is 18.4. The van der Waals surface area contributed by atoms with Crippen LogP contribution in [0.15, 0.2) is 10.6 Å². The summed E-state index contributed by atoms with van der Waals surface area (Å²) in [6.45, 7) is 2.66. The van der Waals surface area contributed by atoms with Crippen molar-refractivity contribution in [1.82, 2.24) is 4.90 Å². The number of aliphatic carboxylic acids is 1. The Labute approximate surface area is 127 Å². The Bertz CT molecular complexity index is 467. The molecule has 0 aliphatic carbocycles. The summed E-state index contributed by atoms with van der Waals surface area (Å²) >= 11 is 1.30. The zero-order valence-electron chi connectivity index (χ0n) is 11.8. The predicted molar refractivity (Wildman–Crippen MR) is 77.1 cm³/mol. The second-order valence-corrected chi connectivity index (χ2v) is 6.05. The molecule has 2 aliphatic heterocycles. The molecule has 118 valence electrons. The standard InChI is InChI=1S/C13H20N2O5S/c1-7-9-8(2-4-16)12(17)15(9)10(13(18)19)11(7)21-6-20-5-3-14/h7-9,16H,2-6,14H2,1H3,(H,18,19)/t7-,8+,9-/m1/s1. The van der Waals surface area contributed by atoms with Crippen LogP contribution in [0.4, 0.5) is 0 Å². The lowest BCUT2D eigenvalue weighted by molar-refractivity contribution is -0.157. The van der Waals surface area contributed by atoms with Crippen LogP contribution in [0.3, 0.4) is 0 Å². The Hall–Kier alpha value is -1.09. The topological polar surface area (TPSA) is 113 Å². The van der Waals surface area contributed by atoms with Crippen LogP contribution in [0, 0.1) is 11.8 Å². The first-order valence-electron chi connectivity index (χ1n) is 6.86. The maximum Gasteiger partial charge on any atom is 0.353 e. The molecule has 1 saturated heterocycles. The molecular weight excluding hydrogens is 296 g/mol. The Kier molecular flexibility index (Phi) is 5.26. The van der Waals surface area contributed by atoms with Gasteiger partial charge in [-0.1, -0.05) is 18.7 Å². The van der Waals surface area contributed by atoms with Gasteiger partial charge in [-0.05, 0) is 6.42 Å². The quantitative estimate of drug-likeness (QED) is 0.323. The van der Waals surface area contributed by atoms with Crippen LogP contribution >= 0.6 is 11.8 Å². The number of amides is 1. The fourth-order valence-electron chi connectivity index (χ4n) is 2.98. The Balaban J connectivity index is 2.14. The summed E-state index contributed by atoms with van der Waals surface area (Å²) in [5.74, 6) is -1.34. The fourth-order valence-corrected chi connectivity index (χ4v) is 4.03. The van der Waals surface area contributed by atoms with E-state index < -0.39 is 5.97 Å². The van der Waals surface area contributed by atoms with Crippen molar-refractivity contribution in [2.45, 2.75) is 19.4 Å². The lowest BCUT2D eigenvalue weighted by Gasteiger charge is -2.45. The number of aliphatic hydroxyl groups is 1. The average molecular weight is 316 g/mol. The van der Waals surface area contributed by atoms with Crippen molar-refractivity contribution in [1.29, 1.82) is 0 Å². The molecule has 8 heteroatoms. The van der Waals surface area contributed by atoms with E-state index in [1.54, 1.807) is 0 Å². The van der Waals surface area contributed by atoms with Crippen molar-refractivity contribution in [3.8, 4) is 0 Å². The van der Waals surface area contributed by atoms with Crippen LogP contribution in [0.2, 0.25) is 0 Å². The van der Waals surface area contributed by atoms with Crippen LogP contribution < -0.4 is 5.73 Å². The third-order valence-electron chi connectivity index (χ3n) is 3.87. The number of thioether (sulfide) groups is 1. The van der Waals surface area contributed by atoms with E-state index in [9.17, 15) is 14.7 Å². The normalized spacial score (nSPS) is 27.9. The molecule has 4 N–H and O–H groups in total. The summed E-state index contributed by atoms with van der Waals surface area (Å²) in [5.41, 5.74) is 5.40. The number of carboxylic acids is 1. The van der Waals surface area contributed by atoms with Gasteiger partial charge in [-0.3, -0.25) is 4.79 Å². The van der Waals surface area contributed by atoms with Gasteiger partial charge in [0.15, 0.2) is 0 Å². The van der Waals surface area contributed by atoms with Crippen molar-refractivity contribution in [3.05, 3.63) is 10.6 Å². The Morgan fingerprint density at radius 3 is 2.81 bits per heavy atom. The van der Waals surface area contributed by atoms with E-state index in [1.807, 2.05) is 6.92 Å². The summed E-state index contributed by atoms with van der Waals surface area (Å²) < 4.78 is 5.28. The molecular formula is C13H20N2O5S. The molecule has 0 spiro atoms. The summed E-state index contributed by atoms with van der Waals surface area (Å²) in [6, 6.07) is -0.159. The highest BCUT2D eigenvalue weighted by molar-refractivity contribution is 8.03. The first kappa shape index (κ1) is 16.3. The van der Waals surface area contributed by atoms with E-state index >= 15 is 0 Å². The van der Waals surface area contributed by atoms with Gasteiger partial charge in [-0.25, -0.2) is 4.79 Å². The maximum atomic E-state index is 12.1. The monoisotopic (exact) mass is 316 g/mol. The summed E-state index contributed by atoms with van der Waals surface area (Å²) in [6.07, 6.45) is 0.374. The molecule has 0 radical (unpaired) electrons. The number of carboxylic acid groups (broad SMARTS) is 1. The Morgan fingerprint density at radius 1 is 1.52 bits per heavy atom. The number of nitrogens with two attached hydrogens (primary N) is 1. The average Bonchev–Trinajstić information content (AvgIpc) is 2.71. The molecule has 3 atom stereocenters. The van der Waals surface area contributed by atoms with E-state index in [0.717, 1.165) is 0 Å². The molecule has 0 unspecified atom stereocenters. The molecule has 2 aliphatic rings. The van der Waals surface area contributed by atoms with Crippen molar-refractivity contribution >= 4 is 23.6 Å². The smallest absolute Gasteiger partial charge is 0.353 e. The second-order valence-electron chi connectivity index (χ2n) is 5.08. The van der Waals surface area contributed by atoms with Crippen LogP contribution in [0.25, 0.3) is 0 Å². The third kappa shape index (κ3) is 2.80. The van der Waals surface area contributed by atoms with Crippen molar-refractivity contribution < 1.29 is 24.5 Å². The van der Waals surface area contributed by atoms with Crippen LogP contribution in [-0.4, -0.2) is 58.7 Å². The highest BCUT2D eigenvalue weighted by atomic mass is 32.2. The minimum absolute atomic E-state index is 0.0585. The van der Waals surface area contributed by atoms with Crippen LogP contribution in [0.1, 0.15) is 13.3 Å². The van der Waals surface area contributed by atoms with E-state index in [2.05, 4.69) is 0 Å². The van der Waals surface area contributed by atoms with Crippen LogP contribution in [0.5, 0.6) is 0 Å². The van der Waals surface area contributed by atoms with Gasteiger partial charge >= 0.3 is 5.97 Å². The fraction of sp³-hybridized carbons (Fsp3) is 0.692. The molecule has 0 saturated carbocycles. The molecule has 0 bridgehead atoms. The van der Waals surface area contributed by atoms with Gasteiger partial charge in [0.1, 0.15) is 5.70 Å². The minimum Gasteiger partial charge on any atom is -0.477 e. The number of carbonyl (C=O) groups is 2. The first-order valence-corrected chi connectivity index (χ1v) is 7.85. The van der Waals surface area contributed by atoms with Gasteiger partial charge in [0, 0.05) is 24.0 Å². The van der Waals surface area contributed by atoms with Crippen molar-refractivity contribution in [3.63, 3.8) is 0 Å². The Morgan fingerprint density at radius 2 is 2.24 bits per heavy atom. The minimum atomic E-state index is -1.10. The predicted octanol–water partition coefficient (Wildman–Crippen LogP) is -0.192. The summed E-state index contributed by atoms with van der Waals surface area (Å²) in [4.78, 5) is 25.6. The number of hydrogen-bond donors (Lipinski definition) is 3. The van der Waals surface area contributed by atoms with Crippen LogP contribution in [-0.2, 0) is 14.3 Å². The maximum absolute atomic E-state index is 12.1. The number of rotatable bonds is 8. The number of aliphatic hydroxyl groups excluding tert-OH is 1. The lowest BCUT2D eigenvalue weighted by atomic mass is 9.80. The molecule has 2 heterocycles. The van der Waals surface area contributed by atoms with Gasteiger partial charge in [-0.15, -0.1) is 0 Å². The number of hydrogen-bond acceptors (Lipinski definition) is 6. The van der Waals surface area contributed by atoms with Gasteiger partial charge in [0.25, 0.3) is 0 Å². The van der Waals surface area contributed by atoms with Gasteiger partial charge in [0.05, 0.1) is 24.5 Å². The SMILES string of the molecule is C[C@H]1C(SCOCCN)=C(C(=O)O)N2C(=O)[C@@H](CCO)[C@@H]12. The molecule has 2 rings (SSSR count). The molecule has 1 fully saturated rings. The van der Waals surface area contributed by atoms with Crippen molar-refractivity contribution in [2.24, 2.45) is 17.6 Å². The number of ether oxygens (including phenoxy) is 1. The zero-order valence-corrected chi connectivity index (χ0v) is 12.6.